The third-order valence-electron chi connectivity index (χ3n) is 7.74. The van der Waals surface area contributed by atoms with Gasteiger partial charge >= 0.3 is 5.97 Å². The number of aliphatic carboxylic acids is 1. The number of nitrogens with zero attached hydrogens (tertiary/aromatic N) is 1. The highest BCUT2D eigenvalue weighted by Crippen LogP contribution is 2.32. The lowest BCUT2D eigenvalue weighted by molar-refractivity contribution is -0.139. The number of rotatable bonds is 13. The minimum Gasteiger partial charge on any atom is -0.492 e. The number of amides is 1. The first-order valence-electron chi connectivity index (χ1n) is 14.0. The molecular weight excluding hydrogens is 520 g/mol. The van der Waals surface area contributed by atoms with Crippen molar-refractivity contribution in [2.75, 3.05) is 25.2 Å². The van der Waals surface area contributed by atoms with E-state index in [1.165, 1.54) is 0 Å². The smallest absolute Gasteiger partial charge is 0.326 e. The fourth-order valence-electron chi connectivity index (χ4n) is 5.41. The molecule has 212 valence electrons. The van der Waals surface area contributed by atoms with Crippen molar-refractivity contribution >= 4 is 23.6 Å². The maximum atomic E-state index is 13.4. The zero-order chi connectivity index (χ0) is 28.5. The van der Waals surface area contributed by atoms with Crippen LogP contribution in [0.4, 0.5) is 0 Å². The number of thioether (sulfide) groups is 1. The Hall–Kier alpha value is -3.29. The molecule has 0 aromatic heterocycles. The van der Waals surface area contributed by atoms with Crippen molar-refractivity contribution in [1.82, 2.24) is 10.2 Å². The second-order valence-electron chi connectivity index (χ2n) is 10.6. The second-order valence-corrected chi connectivity index (χ2v) is 11.5. The SMILES string of the molecule is CCC1CC(COc2ccccc2)N(Cc2ccc(C(=O)NC(CCSC)C(=O)O)c(-c3ccccc3C)c2)C1. The zero-order valence-corrected chi connectivity index (χ0v) is 24.5. The van der Waals surface area contributed by atoms with Gasteiger partial charge in [0, 0.05) is 24.7 Å². The predicted octanol–water partition coefficient (Wildman–Crippen LogP) is 6.28. The molecule has 3 unspecified atom stereocenters. The van der Waals surface area contributed by atoms with Gasteiger partial charge in [-0.1, -0.05) is 61.9 Å². The van der Waals surface area contributed by atoms with Crippen LogP contribution in [0, 0.1) is 12.8 Å². The first-order valence-corrected chi connectivity index (χ1v) is 15.4. The Morgan fingerprint density at radius 3 is 2.52 bits per heavy atom. The van der Waals surface area contributed by atoms with Crippen LogP contribution in [0.25, 0.3) is 11.1 Å². The summed E-state index contributed by atoms with van der Waals surface area (Å²) in [5.41, 5.74) is 4.47. The van der Waals surface area contributed by atoms with E-state index >= 15 is 0 Å². The summed E-state index contributed by atoms with van der Waals surface area (Å²) < 4.78 is 6.15. The number of para-hydroxylation sites is 1. The molecule has 40 heavy (non-hydrogen) atoms. The molecule has 3 aromatic rings. The minimum absolute atomic E-state index is 0.308. The Kier molecular flexibility index (Phi) is 10.7. The van der Waals surface area contributed by atoms with E-state index in [1.807, 2.05) is 79.9 Å². The highest BCUT2D eigenvalue weighted by molar-refractivity contribution is 7.98. The van der Waals surface area contributed by atoms with E-state index in [2.05, 4.69) is 23.2 Å². The van der Waals surface area contributed by atoms with Crippen molar-refractivity contribution in [3.63, 3.8) is 0 Å². The molecule has 0 radical (unpaired) electrons. The summed E-state index contributed by atoms with van der Waals surface area (Å²) >= 11 is 1.56. The number of benzene rings is 3. The normalized spacial score (nSPS) is 17.9. The van der Waals surface area contributed by atoms with Crippen molar-refractivity contribution in [1.29, 1.82) is 0 Å². The number of likely N-dealkylation sites (tertiary alicyclic amines) is 1. The number of carboxylic acids is 1. The van der Waals surface area contributed by atoms with Crippen LogP contribution in [0.3, 0.4) is 0 Å². The van der Waals surface area contributed by atoms with E-state index in [0.29, 0.717) is 36.3 Å². The highest BCUT2D eigenvalue weighted by atomic mass is 32.2. The third-order valence-corrected chi connectivity index (χ3v) is 8.38. The van der Waals surface area contributed by atoms with Gasteiger partial charge in [-0.2, -0.15) is 11.8 Å². The molecule has 0 spiro atoms. The molecule has 0 aliphatic carbocycles. The van der Waals surface area contributed by atoms with Crippen molar-refractivity contribution < 1.29 is 19.4 Å². The van der Waals surface area contributed by atoms with Crippen LogP contribution in [0.15, 0.2) is 72.8 Å². The number of nitrogens with one attached hydrogen (secondary N) is 1. The lowest BCUT2D eigenvalue weighted by atomic mass is 9.93. The molecule has 3 aromatic carbocycles. The molecule has 4 rings (SSSR count). The van der Waals surface area contributed by atoms with Gasteiger partial charge in [-0.3, -0.25) is 9.69 Å². The van der Waals surface area contributed by atoms with Gasteiger partial charge in [0.05, 0.1) is 0 Å². The van der Waals surface area contributed by atoms with Gasteiger partial charge in [-0.05, 0) is 84.2 Å². The number of carbonyl (C=O) groups is 2. The van der Waals surface area contributed by atoms with Crippen molar-refractivity contribution in [3.8, 4) is 16.9 Å². The topological polar surface area (TPSA) is 78.9 Å². The summed E-state index contributed by atoms with van der Waals surface area (Å²) in [6.07, 6.45) is 4.53. The van der Waals surface area contributed by atoms with E-state index in [1.54, 1.807) is 11.8 Å². The van der Waals surface area contributed by atoms with Gasteiger partial charge in [-0.25, -0.2) is 4.79 Å². The van der Waals surface area contributed by atoms with Gasteiger partial charge in [0.1, 0.15) is 18.4 Å². The molecule has 2 N–H and O–H groups in total. The fraction of sp³-hybridized carbons (Fsp3) is 0.394. The Morgan fingerprint density at radius 2 is 1.82 bits per heavy atom. The second kappa shape index (κ2) is 14.4. The molecule has 3 atom stereocenters. The lowest BCUT2D eigenvalue weighted by Crippen LogP contribution is -2.41. The molecule has 0 saturated carbocycles. The molecule has 1 aliphatic rings. The Bertz CT molecular complexity index is 1280. The number of aryl methyl sites for hydroxylation is 1. The molecular formula is C33H40N2O4S. The highest BCUT2D eigenvalue weighted by Gasteiger charge is 2.32. The summed E-state index contributed by atoms with van der Waals surface area (Å²) in [6.45, 7) is 6.68. The van der Waals surface area contributed by atoms with Gasteiger partial charge in [-0.15, -0.1) is 0 Å². The largest absolute Gasteiger partial charge is 0.492 e. The maximum Gasteiger partial charge on any atom is 0.326 e. The van der Waals surface area contributed by atoms with E-state index in [-0.39, 0.29) is 5.91 Å². The molecule has 1 saturated heterocycles. The molecule has 1 fully saturated rings. The standard InChI is InChI=1S/C33H40N2O4S/c1-4-24-18-26(22-39-27-11-6-5-7-12-27)35(20-24)21-25-14-15-29(30(19-25)28-13-9-8-10-23(28)2)32(36)34-31(33(37)38)16-17-40-3/h5-15,19,24,26,31H,4,16-18,20-22H2,1-3H3,(H,34,36)(H,37,38). The van der Waals surface area contributed by atoms with Crippen LogP contribution in [-0.4, -0.2) is 59.1 Å². The number of ether oxygens (including phenoxy) is 1. The minimum atomic E-state index is -1.01. The molecule has 1 aliphatic heterocycles. The van der Waals surface area contributed by atoms with Gasteiger partial charge in [0.2, 0.25) is 0 Å². The first kappa shape index (κ1) is 29.7. The summed E-state index contributed by atoms with van der Waals surface area (Å²) in [6, 6.07) is 23.3. The van der Waals surface area contributed by atoms with Crippen molar-refractivity contribution in [2.24, 2.45) is 5.92 Å². The van der Waals surface area contributed by atoms with Gasteiger partial charge < -0.3 is 15.2 Å². The van der Waals surface area contributed by atoms with Crippen LogP contribution in [0.2, 0.25) is 0 Å². The maximum absolute atomic E-state index is 13.4. The molecule has 6 nitrogen and oxygen atoms in total. The van der Waals surface area contributed by atoms with Crippen LogP contribution in [-0.2, 0) is 11.3 Å². The average molecular weight is 561 g/mol. The molecule has 0 bridgehead atoms. The number of carboxylic acid groups (broad SMARTS) is 1. The summed E-state index contributed by atoms with van der Waals surface area (Å²) in [7, 11) is 0. The summed E-state index contributed by atoms with van der Waals surface area (Å²) in [4.78, 5) is 27.7. The Morgan fingerprint density at radius 1 is 1.07 bits per heavy atom. The molecule has 1 heterocycles. The molecule has 1 amide bonds. The fourth-order valence-corrected chi connectivity index (χ4v) is 5.88. The molecule has 7 heteroatoms. The van der Waals surface area contributed by atoms with Crippen molar-refractivity contribution in [3.05, 3.63) is 89.5 Å². The van der Waals surface area contributed by atoms with Crippen molar-refractivity contribution in [2.45, 2.75) is 51.7 Å². The van der Waals surface area contributed by atoms with E-state index < -0.39 is 12.0 Å². The number of hydrogen-bond acceptors (Lipinski definition) is 5. The van der Waals surface area contributed by atoms with E-state index in [9.17, 15) is 14.7 Å². The zero-order valence-electron chi connectivity index (χ0n) is 23.6. The van der Waals surface area contributed by atoms with Gasteiger partial charge in [0.15, 0.2) is 0 Å². The number of carbonyl (C=O) groups excluding carboxylic acids is 1. The van der Waals surface area contributed by atoms with Gasteiger partial charge in [0.25, 0.3) is 5.91 Å². The summed E-state index contributed by atoms with van der Waals surface area (Å²) in [5.74, 6) is 0.792. The summed E-state index contributed by atoms with van der Waals surface area (Å²) in [5, 5.41) is 12.4. The first-order chi connectivity index (χ1) is 19.4. The van der Waals surface area contributed by atoms with E-state index in [0.717, 1.165) is 53.9 Å². The van der Waals surface area contributed by atoms with Crippen LogP contribution in [0.1, 0.15) is 47.7 Å². The Balaban J connectivity index is 1.59. The third kappa shape index (κ3) is 7.67. The lowest BCUT2D eigenvalue weighted by Gasteiger charge is -2.25. The monoisotopic (exact) mass is 560 g/mol. The quantitative estimate of drug-likeness (QED) is 0.256. The predicted molar refractivity (Wildman–Crippen MR) is 163 cm³/mol. The van der Waals surface area contributed by atoms with E-state index in [4.69, 9.17) is 4.74 Å². The van der Waals surface area contributed by atoms with Crippen LogP contribution >= 0.6 is 11.8 Å². The average Bonchev–Trinajstić information content (AvgIpc) is 3.36. The van der Waals surface area contributed by atoms with Crippen LogP contribution < -0.4 is 10.1 Å². The van der Waals surface area contributed by atoms with Crippen LogP contribution in [0.5, 0.6) is 5.75 Å². The Labute approximate surface area is 242 Å². The number of hydrogen-bond donors (Lipinski definition) is 2.